The average Bonchev–Trinajstić information content (AvgIpc) is 2.11. The molecule has 0 aromatic rings. The summed E-state index contributed by atoms with van der Waals surface area (Å²) in [4.78, 5) is 0. The van der Waals surface area contributed by atoms with Crippen molar-refractivity contribution in [3.63, 3.8) is 0 Å². The zero-order valence-corrected chi connectivity index (χ0v) is 9.27. The molecule has 12 heavy (non-hydrogen) atoms. The summed E-state index contributed by atoms with van der Waals surface area (Å²) in [6.45, 7) is 2.89. The molecular weight excluding hydrogens is 216 g/mol. The minimum Gasteiger partial charge on any atom is -0.365 e. The second-order valence-corrected chi connectivity index (χ2v) is 3.50. The first kappa shape index (κ1) is 12.0. The molecule has 0 aliphatic heterocycles. The molecule has 0 aromatic heterocycles. The van der Waals surface area contributed by atoms with E-state index in [9.17, 15) is 0 Å². The second kappa shape index (κ2) is 9.09. The molecule has 0 aromatic carbocycles. The van der Waals surface area contributed by atoms with Gasteiger partial charge < -0.3 is 4.74 Å². The molecule has 0 saturated heterocycles. The Hall–Kier alpha value is 0. The van der Waals surface area contributed by atoms with E-state index in [1.807, 2.05) is 0 Å². The topological polar surface area (TPSA) is 9.23 Å². The minimum atomic E-state index is 0.0223. The lowest BCUT2D eigenvalue weighted by atomic mass is 10.1. The van der Waals surface area contributed by atoms with Crippen LogP contribution in [0.1, 0.15) is 32.6 Å². The molecule has 0 heterocycles. The Kier molecular flexibility index (Phi) is 9.09. The number of hydrogen-bond acceptors (Lipinski definition) is 1. The molecule has 2 heteroatoms. The highest BCUT2D eigenvalue weighted by Gasteiger charge is 2.02. The second-order valence-electron chi connectivity index (χ2n) is 2.71. The Morgan fingerprint density at radius 1 is 1.50 bits per heavy atom. The first-order valence-electron chi connectivity index (χ1n) is 4.48. The molecule has 0 aliphatic carbocycles. The summed E-state index contributed by atoms with van der Waals surface area (Å²) in [6.07, 6.45) is 9.98. The van der Waals surface area contributed by atoms with Crippen molar-refractivity contribution < 1.29 is 4.74 Å². The van der Waals surface area contributed by atoms with Crippen molar-refractivity contribution in [3.8, 4) is 12.3 Å². The van der Waals surface area contributed by atoms with Crippen molar-refractivity contribution in [1.82, 2.24) is 0 Å². The number of ether oxygens (including phenoxy) is 1. The molecule has 0 amide bonds. The first-order valence-corrected chi connectivity index (χ1v) is 5.61. The van der Waals surface area contributed by atoms with Crippen molar-refractivity contribution in [2.75, 3.05) is 11.9 Å². The van der Waals surface area contributed by atoms with E-state index in [1.165, 1.54) is 19.3 Å². The van der Waals surface area contributed by atoms with Gasteiger partial charge in [-0.15, -0.1) is 6.42 Å². The van der Waals surface area contributed by atoms with E-state index in [0.29, 0.717) is 6.61 Å². The molecule has 70 valence electrons. The van der Waals surface area contributed by atoms with Gasteiger partial charge in [-0.1, -0.05) is 41.6 Å². The summed E-state index contributed by atoms with van der Waals surface area (Å²) >= 11 is 3.30. The van der Waals surface area contributed by atoms with Crippen LogP contribution in [-0.2, 0) is 4.74 Å². The number of halogens is 1. The van der Waals surface area contributed by atoms with Crippen LogP contribution in [0.3, 0.4) is 0 Å². The van der Waals surface area contributed by atoms with Crippen LogP contribution in [0.4, 0.5) is 0 Å². The smallest absolute Gasteiger partial charge is 0.118 e. The van der Waals surface area contributed by atoms with Crippen LogP contribution < -0.4 is 0 Å². The summed E-state index contributed by atoms with van der Waals surface area (Å²) in [7, 11) is 0. The van der Waals surface area contributed by atoms with Crippen LogP contribution in [0.2, 0.25) is 0 Å². The Balaban J connectivity index is 3.35. The maximum absolute atomic E-state index is 5.40. The van der Waals surface area contributed by atoms with Gasteiger partial charge >= 0.3 is 0 Å². The number of hydrogen-bond donors (Lipinski definition) is 0. The van der Waals surface area contributed by atoms with Crippen LogP contribution in [0.25, 0.3) is 0 Å². The maximum Gasteiger partial charge on any atom is 0.118 e. The third-order valence-corrected chi connectivity index (χ3v) is 1.98. The van der Waals surface area contributed by atoms with Gasteiger partial charge in [-0.2, -0.15) is 0 Å². The Morgan fingerprint density at radius 2 is 2.25 bits per heavy atom. The molecule has 0 N–H and O–H groups in total. The van der Waals surface area contributed by atoms with E-state index in [2.05, 4.69) is 28.8 Å². The predicted octanol–water partition coefficient (Wildman–Crippen LogP) is 2.98. The molecule has 0 spiro atoms. The van der Waals surface area contributed by atoms with Gasteiger partial charge in [0.05, 0.1) is 6.61 Å². The van der Waals surface area contributed by atoms with Gasteiger partial charge in [0.15, 0.2) is 0 Å². The molecule has 0 aliphatic rings. The Bertz CT molecular complexity index is 128. The normalized spacial score (nSPS) is 12.4. The average molecular weight is 233 g/mol. The fraction of sp³-hybridized carbons (Fsp3) is 0.800. The van der Waals surface area contributed by atoms with Crippen molar-refractivity contribution in [1.29, 1.82) is 0 Å². The molecule has 0 saturated carbocycles. The summed E-state index contributed by atoms with van der Waals surface area (Å²) < 4.78 is 5.40. The van der Waals surface area contributed by atoms with E-state index in [0.717, 1.165) is 11.8 Å². The van der Waals surface area contributed by atoms with E-state index in [-0.39, 0.29) is 6.10 Å². The van der Waals surface area contributed by atoms with Crippen LogP contribution >= 0.6 is 15.9 Å². The molecule has 0 bridgehead atoms. The number of rotatable bonds is 7. The predicted molar refractivity (Wildman–Crippen MR) is 56.5 cm³/mol. The Labute approximate surface area is 84.0 Å². The number of unbranched alkanes of at least 4 members (excludes halogenated alkanes) is 2. The summed E-state index contributed by atoms with van der Waals surface area (Å²) in [5, 5.41) is 0.860. The zero-order valence-electron chi connectivity index (χ0n) is 7.68. The van der Waals surface area contributed by atoms with Gasteiger partial charge in [0.25, 0.3) is 0 Å². The highest BCUT2D eigenvalue weighted by Crippen LogP contribution is 2.06. The van der Waals surface area contributed by atoms with Gasteiger partial charge in [0, 0.05) is 5.33 Å². The molecule has 0 fully saturated rings. The van der Waals surface area contributed by atoms with Gasteiger partial charge in [-0.3, -0.25) is 0 Å². The third kappa shape index (κ3) is 6.69. The molecule has 0 rings (SSSR count). The van der Waals surface area contributed by atoms with Crippen molar-refractivity contribution in [3.05, 3.63) is 0 Å². The standard InChI is InChI=1S/C10H17BrO/c1-3-5-6-7-10(4-2)12-9-8-11/h2,10H,3,5-9H2,1H3. The lowest BCUT2D eigenvalue weighted by Crippen LogP contribution is -2.11. The van der Waals surface area contributed by atoms with Crippen LogP contribution in [0.15, 0.2) is 0 Å². The lowest BCUT2D eigenvalue weighted by Gasteiger charge is -2.10. The molecule has 1 atom stereocenters. The highest BCUT2D eigenvalue weighted by atomic mass is 79.9. The lowest BCUT2D eigenvalue weighted by molar-refractivity contribution is 0.0976. The van der Waals surface area contributed by atoms with Crippen LogP contribution in [0.5, 0.6) is 0 Å². The van der Waals surface area contributed by atoms with Gasteiger partial charge in [0.1, 0.15) is 6.10 Å². The third-order valence-electron chi connectivity index (χ3n) is 1.65. The van der Waals surface area contributed by atoms with Gasteiger partial charge in [0.2, 0.25) is 0 Å². The first-order chi connectivity index (χ1) is 5.85. The van der Waals surface area contributed by atoms with E-state index in [1.54, 1.807) is 0 Å². The largest absolute Gasteiger partial charge is 0.365 e. The van der Waals surface area contributed by atoms with Crippen molar-refractivity contribution in [2.24, 2.45) is 0 Å². The van der Waals surface area contributed by atoms with Crippen LogP contribution in [-0.4, -0.2) is 18.0 Å². The fourth-order valence-corrected chi connectivity index (χ4v) is 1.17. The zero-order chi connectivity index (χ0) is 9.23. The van der Waals surface area contributed by atoms with E-state index >= 15 is 0 Å². The van der Waals surface area contributed by atoms with E-state index in [4.69, 9.17) is 11.2 Å². The quantitative estimate of drug-likeness (QED) is 0.373. The minimum absolute atomic E-state index is 0.0223. The summed E-state index contributed by atoms with van der Waals surface area (Å²) in [5.41, 5.74) is 0. The molecule has 1 nitrogen and oxygen atoms in total. The molecule has 0 radical (unpaired) electrons. The van der Waals surface area contributed by atoms with Gasteiger partial charge in [-0.25, -0.2) is 0 Å². The maximum atomic E-state index is 5.40. The Morgan fingerprint density at radius 3 is 2.75 bits per heavy atom. The summed E-state index contributed by atoms with van der Waals surface area (Å²) in [5.74, 6) is 2.65. The van der Waals surface area contributed by atoms with Crippen LogP contribution in [0, 0.1) is 12.3 Å². The number of terminal acetylenes is 1. The summed E-state index contributed by atoms with van der Waals surface area (Å²) in [6, 6.07) is 0. The number of alkyl halides is 1. The molecule has 1 unspecified atom stereocenters. The van der Waals surface area contributed by atoms with Crippen molar-refractivity contribution in [2.45, 2.75) is 38.7 Å². The monoisotopic (exact) mass is 232 g/mol. The SMILES string of the molecule is C#CC(CCCCC)OCCBr. The highest BCUT2D eigenvalue weighted by molar-refractivity contribution is 9.09. The van der Waals surface area contributed by atoms with Gasteiger partial charge in [-0.05, 0) is 12.8 Å². The molecular formula is C10H17BrO. The van der Waals surface area contributed by atoms with Crippen molar-refractivity contribution >= 4 is 15.9 Å². The van der Waals surface area contributed by atoms with E-state index < -0.39 is 0 Å². The fourth-order valence-electron chi connectivity index (χ4n) is 0.981.